The van der Waals surface area contributed by atoms with Crippen molar-refractivity contribution in [2.45, 2.75) is 70.0 Å². The molecule has 0 aliphatic heterocycles. The van der Waals surface area contributed by atoms with Crippen molar-refractivity contribution in [2.24, 2.45) is 5.41 Å². The van der Waals surface area contributed by atoms with Crippen molar-refractivity contribution in [3.05, 3.63) is 0 Å². The number of rotatable bonds is 0. The first-order valence-electron chi connectivity index (χ1n) is 5.96. The summed E-state index contributed by atoms with van der Waals surface area (Å²) < 4.78 is 0. The second-order valence-corrected chi connectivity index (χ2v) is 5.53. The Balaban J connectivity index is 2.14. The van der Waals surface area contributed by atoms with Crippen LogP contribution in [0.25, 0.3) is 0 Å². The Morgan fingerprint density at radius 3 is 2.50 bits per heavy atom. The molecule has 0 spiro atoms. The molecule has 2 fully saturated rings. The lowest BCUT2D eigenvalue weighted by Gasteiger charge is -2.42. The van der Waals surface area contributed by atoms with Crippen molar-refractivity contribution >= 4 is 0 Å². The summed E-state index contributed by atoms with van der Waals surface area (Å²) in [4.78, 5) is 0. The minimum absolute atomic E-state index is 0.0778. The monoisotopic (exact) mass is 198 g/mol. The molecule has 3 atom stereocenters. The lowest BCUT2D eigenvalue weighted by Crippen LogP contribution is -2.43. The molecule has 0 saturated heterocycles. The summed E-state index contributed by atoms with van der Waals surface area (Å²) in [5.41, 5.74) is -0.346. The zero-order valence-electron chi connectivity index (χ0n) is 9.13. The zero-order chi connectivity index (χ0) is 10.2. The third-order valence-electron chi connectivity index (χ3n) is 4.60. The molecule has 0 unspecified atom stereocenters. The standard InChI is InChI=1S/C12H22O2/c1-11-6-3-8-12(11,14)7-2-4-10(13)5-9-11/h10,13-14H,2-9H2,1H3/t10-,11-,12+/m1/s1. The number of hydrogen-bond acceptors (Lipinski definition) is 2. The summed E-state index contributed by atoms with van der Waals surface area (Å²) in [6.45, 7) is 2.21. The Labute approximate surface area is 86.3 Å². The van der Waals surface area contributed by atoms with E-state index in [0.717, 1.165) is 51.4 Å². The molecule has 2 heteroatoms. The molecular formula is C12H22O2. The third-order valence-corrected chi connectivity index (χ3v) is 4.60. The second-order valence-electron chi connectivity index (χ2n) is 5.53. The average Bonchev–Trinajstić information content (AvgIpc) is 2.39. The van der Waals surface area contributed by atoms with Gasteiger partial charge in [-0.2, -0.15) is 0 Å². The van der Waals surface area contributed by atoms with Crippen molar-refractivity contribution in [3.63, 3.8) is 0 Å². The van der Waals surface area contributed by atoms with Crippen molar-refractivity contribution in [2.75, 3.05) is 0 Å². The quantitative estimate of drug-likeness (QED) is 0.626. The molecule has 2 rings (SSSR count). The first kappa shape index (κ1) is 10.4. The molecule has 0 amide bonds. The van der Waals surface area contributed by atoms with E-state index in [1.165, 1.54) is 0 Å². The molecule has 2 aliphatic rings. The van der Waals surface area contributed by atoms with Crippen LogP contribution < -0.4 is 0 Å². The predicted molar refractivity (Wildman–Crippen MR) is 56.0 cm³/mol. The van der Waals surface area contributed by atoms with E-state index in [4.69, 9.17) is 0 Å². The Hall–Kier alpha value is -0.0800. The summed E-state index contributed by atoms with van der Waals surface area (Å²) in [6, 6.07) is 0. The van der Waals surface area contributed by atoms with Gasteiger partial charge in [0.25, 0.3) is 0 Å². The van der Waals surface area contributed by atoms with Gasteiger partial charge in [0.2, 0.25) is 0 Å². The Bertz CT molecular complexity index is 216. The largest absolute Gasteiger partial charge is 0.393 e. The van der Waals surface area contributed by atoms with Crippen LogP contribution in [0.1, 0.15) is 58.3 Å². The van der Waals surface area contributed by atoms with Crippen LogP contribution in [0.5, 0.6) is 0 Å². The van der Waals surface area contributed by atoms with Gasteiger partial charge in [-0.05, 0) is 56.8 Å². The van der Waals surface area contributed by atoms with Crippen LogP contribution >= 0.6 is 0 Å². The van der Waals surface area contributed by atoms with Crippen LogP contribution in [0.4, 0.5) is 0 Å². The Morgan fingerprint density at radius 1 is 1.00 bits per heavy atom. The molecule has 2 N–H and O–H groups in total. The third kappa shape index (κ3) is 1.59. The summed E-state index contributed by atoms with van der Waals surface area (Å²) in [5, 5.41) is 20.2. The van der Waals surface area contributed by atoms with Crippen molar-refractivity contribution in [1.29, 1.82) is 0 Å². The van der Waals surface area contributed by atoms with Crippen LogP contribution in [0.15, 0.2) is 0 Å². The molecule has 0 heterocycles. The molecule has 0 aromatic carbocycles. The number of fused-ring (bicyclic) bond motifs is 1. The lowest BCUT2D eigenvalue weighted by molar-refractivity contribution is -0.0784. The van der Waals surface area contributed by atoms with Crippen LogP contribution in [-0.2, 0) is 0 Å². The van der Waals surface area contributed by atoms with Gasteiger partial charge in [-0.1, -0.05) is 6.92 Å². The van der Waals surface area contributed by atoms with Gasteiger partial charge in [0.15, 0.2) is 0 Å². The fourth-order valence-corrected chi connectivity index (χ4v) is 3.35. The minimum Gasteiger partial charge on any atom is -0.393 e. The molecule has 2 saturated carbocycles. The van der Waals surface area contributed by atoms with Crippen LogP contribution in [0.2, 0.25) is 0 Å². The van der Waals surface area contributed by atoms with E-state index in [0.29, 0.717) is 0 Å². The zero-order valence-corrected chi connectivity index (χ0v) is 9.13. The highest BCUT2D eigenvalue weighted by atomic mass is 16.3. The second kappa shape index (κ2) is 3.49. The van der Waals surface area contributed by atoms with Crippen molar-refractivity contribution in [3.8, 4) is 0 Å². The van der Waals surface area contributed by atoms with Gasteiger partial charge < -0.3 is 10.2 Å². The average molecular weight is 198 g/mol. The molecule has 0 aromatic rings. The van der Waals surface area contributed by atoms with Gasteiger partial charge >= 0.3 is 0 Å². The van der Waals surface area contributed by atoms with Crippen LogP contribution in [0, 0.1) is 5.41 Å². The highest BCUT2D eigenvalue weighted by Crippen LogP contribution is 2.52. The smallest absolute Gasteiger partial charge is 0.0701 e. The molecule has 0 radical (unpaired) electrons. The van der Waals surface area contributed by atoms with Gasteiger partial charge in [0.1, 0.15) is 0 Å². The SMILES string of the molecule is C[C@]12CCC[C@@]1(O)CCC[C@@H](O)CC2. The normalized spacial score (nSPS) is 49.5. The fraction of sp³-hybridized carbons (Fsp3) is 1.00. The molecular weight excluding hydrogens is 176 g/mol. The first-order chi connectivity index (χ1) is 6.56. The van der Waals surface area contributed by atoms with E-state index in [-0.39, 0.29) is 11.5 Å². The van der Waals surface area contributed by atoms with E-state index in [1.807, 2.05) is 0 Å². The topological polar surface area (TPSA) is 40.5 Å². The summed E-state index contributed by atoms with van der Waals surface area (Å²) in [7, 11) is 0. The van der Waals surface area contributed by atoms with E-state index >= 15 is 0 Å². The minimum atomic E-state index is -0.423. The molecule has 14 heavy (non-hydrogen) atoms. The maximum atomic E-state index is 10.6. The van der Waals surface area contributed by atoms with Crippen molar-refractivity contribution in [1.82, 2.24) is 0 Å². The maximum absolute atomic E-state index is 10.6. The molecule has 2 nitrogen and oxygen atoms in total. The van der Waals surface area contributed by atoms with E-state index in [2.05, 4.69) is 6.92 Å². The first-order valence-corrected chi connectivity index (χ1v) is 5.96. The van der Waals surface area contributed by atoms with E-state index in [1.54, 1.807) is 0 Å². The van der Waals surface area contributed by atoms with Gasteiger partial charge in [0.05, 0.1) is 11.7 Å². The highest BCUT2D eigenvalue weighted by Gasteiger charge is 2.50. The van der Waals surface area contributed by atoms with Gasteiger partial charge in [-0.15, -0.1) is 0 Å². The summed E-state index contributed by atoms with van der Waals surface area (Å²) >= 11 is 0. The van der Waals surface area contributed by atoms with E-state index in [9.17, 15) is 10.2 Å². The molecule has 0 aromatic heterocycles. The molecule has 0 bridgehead atoms. The molecule has 82 valence electrons. The summed E-state index contributed by atoms with van der Waals surface area (Å²) in [6.07, 6.45) is 7.74. The molecule has 2 aliphatic carbocycles. The van der Waals surface area contributed by atoms with Crippen molar-refractivity contribution < 1.29 is 10.2 Å². The lowest BCUT2D eigenvalue weighted by atomic mass is 9.68. The van der Waals surface area contributed by atoms with Gasteiger partial charge in [-0.3, -0.25) is 0 Å². The number of aliphatic hydroxyl groups excluding tert-OH is 1. The van der Waals surface area contributed by atoms with Gasteiger partial charge in [0, 0.05) is 0 Å². The maximum Gasteiger partial charge on any atom is 0.0701 e. The predicted octanol–water partition coefficient (Wildman–Crippen LogP) is 2.23. The Morgan fingerprint density at radius 2 is 1.71 bits per heavy atom. The number of aliphatic hydroxyl groups is 2. The van der Waals surface area contributed by atoms with E-state index < -0.39 is 5.60 Å². The number of hydrogen-bond donors (Lipinski definition) is 2. The summed E-state index contributed by atoms with van der Waals surface area (Å²) in [5.74, 6) is 0. The van der Waals surface area contributed by atoms with Gasteiger partial charge in [-0.25, -0.2) is 0 Å². The van der Waals surface area contributed by atoms with Crippen LogP contribution in [0.3, 0.4) is 0 Å². The Kier molecular flexibility index (Phi) is 2.61. The fourth-order valence-electron chi connectivity index (χ4n) is 3.35. The van der Waals surface area contributed by atoms with Crippen LogP contribution in [-0.4, -0.2) is 21.9 Å². The highest BCUT2D eigenvalue weighted by molar-refractivity contribution is 5.02.